The molecule has 1 aromatic heterocycles. The van der Waals surface area contributed by atoms with E-state index in [1.54, 1.807) is 12.3 Å². The molecule has 0 aromatic carbocycles. The quantitative estimate of drug-likeness (QED) is 0.792. The largest absolute Gasteiger partial charge is 0.381 e. The summed E-state index contributed by atoms with van der Waals surface area (Å²) in [5.41, 5.74) is 0.532. The van der Waals surface area contributed by atoms with Gasteiger partial charge >= 0.3 is 0 Å². The molecule has 0 spiro atoms. The van der Waals surface area contributed by atoms with Crippen LogP contribution < -0.4 is 0 Å². The molecule has 0 aliphatic carbocycles. The van der Waals surface area contributed by atoms with E-state index in [-0.39, 0.29) is 5.78 Å². The first-order valence-corrected chi connectivity index (χ1v) is 5.78. The highest BCUT2D eigenvalue weighted by molar-refractivity contribution is 9.10. The lowest BCUT2D eigenvalue weighted by molar-refractivity contribution is 0.0947. The van der Waals surface area contributed by atoms with Crippen LogP contribution in [0.2, 0.25) is 0 Å². The van der Waals surface area contributed by atoms with Gasteiger partial charge in [0, 0.05) is 30.3 Å². The summed E-state index contributed by atoms with van der Waals surface area (Å²) in [6.07, 6.45) is 3.16. The number of ketones is 1. The molecular weight excluding hydrogens is 258 g/mol. The number of pyridine rings is 1. The highest BCUT2D eigenvalue weighted by atomic mass is 79.9. The van der Waals surface area contributed by atoms with Crippen molar-refractivity contribution in [3.05, 3.63) is 28.5 Å². The third-order valence-electron chi connectivity index (χ3n) is 2.52. The summed E-state index contributed by atoms with van der Waals surface area (Å²) in [5, 5.41) is 0. The SMILES string of the molecule is O=C(CC1CCOC1)c1ncccc1Br. The second-order valence-corrected chi connectivity index (χ2v) is 4.55. The number of carbonyl (C=O) groups excluding carboxylic acids is 1. The minimum atomic E-state index is 0.0953. The fourth-order valence-electron chi connectivity index (χ4n) is 1.69. The van der Waals surface area contributed by atoms with E-state index in [2.05, 4.69) is 20.9 Å². The molecule has 2 heterocycles. The number of halogens is 1. The molecule has 15 heavy (non-hydrogen) atoms. The molecule has 0 bridgehead atoms. The average Bonchev–Trinajstić information content (AvgIpc) is 2.71. The first-order chi connectivity index (χ1) is 7.27. The van der Waals surface area contributed by atoms with Crippen LogP contribution in [-0.4, -0.2) is 24.0 Å². The monoisotopic (exact) mass is 269 g/mol. The lowest BCUT2D eigenvalue weighted by atomic mass is 10.0. The molecule has 1 aromatic rings. The molecule has 0 radical (unpaired) electrons. The third kappa shape index (κ3) is 2.63. The van der Waals surface area contributed by atoms with E-state index in [9.17, 15) is 4.79 Å². The molecule has 2 rings (SSSR count). The summed E-state index contributed by atoms with van der Waals surface area (Å²) in [4.78, 5) is 16.0. The minimum absolute atomic E-state index is 0.0953. The Kier molecular flexibility index (Phi) is 3.49. The van der Waals surface area contributed by atoms with Crippen molar-refractivity contribution in [2.75, 3.05) is 13.2 Å². The van der Waals surface area contributed by atoms with Crippen molar-refractivity contribution < 1.29 is 9.53 Å². The van der Waals surface area contributed by atoms with Crippen molar-refractivity contribution in [2.24, 2.45) is 5.92 Å². The molecule has 1 saturated heterocycles. The Morgan fingerprint density at radius 1 is 1.67 bits per heavy atom. The van der Waals surface area contributed by atoms with Gasteiger partial charge in [0.15, 0.2) is 5.78 Å². The molecular formula is C11H12BrNO2. The van der Waals surface area contributed by atoms with E-state index in [1.807, 2.05) is 6.07 Å². The summed E-state index contributed by atoms with van der Waals surface area (Å²) < 4.78 is 6.01. The zero-order valence-electron chi connectivity index (χ0n) is 8.28. The minimum Gasteiger partial charge on any atom is -0.381 e. The molecule has 0 amide bonds. The van der Waals surface area contributed by atoms with Crippen molar-refractivity contribution in [1.29, 1.82) is 0 Å². The second kappa shape index (κ2) is 4.86. The molecule has 1 aliphatic heterocycles. The van der Waals surface area contributed by atoms with Crippen molar-refractivity contribution in [1.82, 2.24) is 4.98 Å². The molecule has 4 heteroatoms. The van der Waals surface area contributed by atoms with E-state index in [0.717, 1.165) is 17.5 Å². The van der Waals surface area contributed by atoms with Crippen LogP contribution in [0.1, 0.15) is 23.3 Å². The summed E-state index contributed by atoms with van der Waals surface area (Å²) in [5.74, 6) is 0.462. The maximum Gasteiger partial charge on any atom is 0.182 e. The number of nitrogens with zero attached hydrogens (tertiary/aromatic N) is 1. The Bertz CT molecular complexity index is 361. The number of carbonyl (C=O) groups is 1. The normalized spacial score (nSPS) is 20.5. The Morgan fingerprint density at radius 2 is 2.53 bits per heavy atom. The predicted octanol–water partition coefficient (Wildman–Crippen LogP) is 2.45. The molecule has 1 unspecified atom stereocenters. The van der Waals surface area contributed by atoms with E-state index >= 15 is 0 Å². The molecule has 0 N–H and O–H groups in total. The Morgan fingerprint density at radius 3 is 3.20 bits per heavy atom. The number of hydrogen-bond donors (Lipinski definition) is 0. The van der Waals surface area contributed by atoms with Crippen LogP contribution in [-0.2, 0) is 4.74 Å². The Hall–Kier alpha value is -0.740. The summed E-state index contributed by atoms with van der Waals surface area (Å²) in [6.45, 7) is 1.48. The molecule has 1 fully saturated rings. The van der Waals surface area contributed by atoms with Crippen LogP contribution in [0, 0.1) is 5.92 Å². The first kappa shape index (κ1) is 10.8. The topological polar surface area (TPSA) is 39.2 Å². The van der Waals surface area contributed by atoms with Gasteiger partial charge in [0.1, 0.15) is 5.69 Å². The molecule has 1 aliphatic rings. The lowest BCUT2D eigenvalue weighted by Crippen LogP contribution is -2.10. The summed E-state index contributed by atoms with van der Waals surface area (Å²) in [6, 6.07) is 3.64. The number of hydrogen-bond acceptors (Lipinski definition) is 3. The molecule has 80 valence electrons. The van der Waals surface area contributed by atoms with Gasteiger partial charge in [-0.05, 0) is 40.4 Å². The van der Waals surface area contributed by atoms with Crippen LogP contribution in [0.3, 0.4) is 0 Å². The van der Waals surface area contributed by atoms with Gasteiger partial charge in [-0.2, -0.15) is 0 Å². The zero-order chi connectivity index (χ0) is 10.7. The van der Waals surface area contributed by atoms with Crippen molar-refractivity contribution in [3.63, 3.8) is 0 Å². The lowest BCUT2D eigenvalue weighted by Gasteiger charge is -2.06. The zero-order valence-corrected chi connectivity index (χ0v) is 9.87. The second-order valence-electron chi connectivity index (χ2n) is 3.69. The maximum atomic E-state index is 11.9. The molecule has 0 saturated carbocycles. The van der Waals surface area contributed by atoms with Gasteiger partial charge in [-0.3, -0.25) is 9.78 Å². The van der Waals surface area contributed by atoms with Crippen LogP contribution >= 0.6 is 15.9 Å². The highest BCUT2D eigenvalue weighted by Gasteiger charge is 2.21. The summed E-state index contributed by atoms with van der Waals surface area (Å²) in [7, 11) is 0. The average molecular weight is 270 g/mol. The number of ether oxygens (including phenoxy) is 1. The van der Waals surface area contributed by atoms with Gasteiger partial charge in [0.2, 0.25) is 0 Å². The third-order valence-corrected chi connectivity index (χ3v) is 3.16. The van der Waals surface area contributed by atoms with Crippen LogP contribution in [0.5, 0.6) is 0 Å². The fraction of sp³-hybridized carbons (Fsp3) is 0.455. The number of rotatable bonds is 3. The molecule has 3 nitrogen and oxygen atoms in total. The van der Waals surface area contributed by atoms with Gasteiger partial charge in [-0.25, -0.2) is 0 Å². The van der Waals surface area contributed by atoms with E-state index in [0.29, 0.717) is 24.6 Å². The van der Waals surface area contributed by atoms with Crippen molar-refractivity contribution in [2.45, 2.75) is 12.8 Å². The van der Waals surface area contributed by atoms with Crippen molar-refractivity contribution >= 4 is 21.7 Å². The van der Waals surface area contributed by atoms with Gasteiger partial charge in [-0.1, -0.05) is 0 Å². The number of aromatic nitrogens is 1. The van der Waals surface area contributed by atoms with Crippen molar-refractivity contribution in [3.8, 4) is 0 Å². The van der Waals surface area contributed by atoms with Crippen LogP contribution in [0.15, 0.2) is 22.8 Å². The Balaban J connectivity index is 2.04. The van der Waals surface area contributed by atoms with E-state index < -0.39 is 0 Å². The van der Waals surface area contributed by atoms with Gasteiger partial charge in [0.25, 0.3) is 0 Å². The van der Waals surface area contributed by atoms with Gasteiger partial charge < -0.3 is 4.74 Å². The van der Waals surface area contributed by atoms with E-state index in [4.69, 9.17) is 4.74 Å². The maximum absolute atomic E-state index is 11.9. The standard InChI is InChI=1S/C11H12BrNO2/c12-9-2-1-4-13-11(9)10(14)6-8-3-5-15-7-8/h1-2,4,8H,3,5-7H2. The number of Topliss-reactive ketones (excluding diaryl/α,β-unsaturated/α-hetero) is 1. The summed E-state index contributed by atoms with van der Waals surface area (Å²) >= 11 is 3.33. The first-order valence-electron chi connectivity index (χ1n) is 4.99. The molecule has 1 atom stereocenters. The Labute approximate surface area is 97.0 Å². The van der Waals surface area contributed by atoms with Gasteiger partial charge in [-0.15, -0.1) is 0 Å². The smallest absolute Gasteiger partial charge is 0.182 e. The van der Waals surface area contributed by atoms with E-state index in [1.165, 1.54) is 0 Å². The van der Waals surface area contributed by atoms with Crippen LogP contribution in [0.4, 0.5) is 0 Å². The van der Waals surface area contributed by atoms with Crippen LogP contribution in [0.25, 0.3) is 0 Å². The van der Waals surface area contributed by atoms with Gasteiger partial charge in [0.05, 0.1) is 0 Å². The highest BCUT2D eigenvalue weighted by Crippen LogP contribution is 2.21. The predicted molar refractivity (Wildman–Crippen MR) is 59.8 cm³/mol. The fourth-order valence-corrected chi connectivity index (χ4v) is 2.17.